The van der Waals surface area contributed by atoms with Crippen molar-refractivity contribution in [1.82, 2.24) is 4.90 Å². The average molecular weight is 408 g/mol. The van der Waals surface area contributed by atoms with Crippen LogP contribution >= 0.6 is 0 Å². The summed E-state index contributed by atoms with van der Waals surface area (Å²) in [4.78, 5) is 2.78. The van der Waals surface area contributed by atoms with Gasteiger partial charge in [0.25, 0.3) is 0 Å². The van der Waals surface area contributed by atoms with Crippen LogP contribution in [0.4, 0.5) is 0 Å². The Morgan fingerprint density at radius 2 is 1.67 bits per heavy atom. The van der Waals surface area contributed by atoms with Crippen LogP contribution in [0.2, 0.25) is 0 Å². The van der Waals surface area contributed by atoms with Gasteiger partial charge in [0.15, 0.2) is 0 Å². The second-order valence-electron chi connectivity index (χ2n) is 11.1. The van der Waals surface area contributed by atoms with Gasteiger partial charge in [-0.05, 0) is 90.9 Å². The van der Waals surface area contributed by atoms with Crippen LogP contribution in [0, 0.1) is 23.7 Å². The van der Waals surface area contributed by atoms with Gasteiger partial charge >= 0.3 is 0 Å². The summed E-state index contributed by atoms with van der Waals surface area (Å²) in [7, 11) is 0. The minimum atomic E-state index is 0.598. The zero-order valence-corrected chi connectivity index (χ0v) is 20.0. The van der Waals surface area contributed by atoms with Crippen molar-refractivity contribution in [3.8, 4) is 0 Å². The lowest BCUT2D eigenvalue weighted by Gasteiger charge is -2.39. The van der Waals surface area contributed by atoms with Crippen molar-refractivity contribution in [2.24, 2.45) is 23.7 Å². The Balaban J connectivity index is 1.53. The summed E-state index contributed by atoms with van der Waals surface area (Å²) in [5.74, 6) is 3.43. The molecule has 1 nitrogen and oxygen atoms in total. The Kier molecular flexibility index (Phi) is 7.40. The van der Waals surface area contributed by atoms with E-state index >= 15 is 0 Å². The van der Waals surface area contributed by atoms with E-state index in [0.29, 0.717) is 12.0 Å². The van der Waals surface area contributed by atoms with E-state index < -0.39 is 0 Å². The highest BCUT2D eigenvalue weighted by molar-refractivity contribution is 5.42. The second-order valence-corrected chi connectivity index (χ2v) is 11.1. The van der Waals surface area contributed by atoms with Crippen molar-refractivity contribution in [2.75, 3.05) is 13.1 Å². The quantitative estimate of drug-likeness (QED) is 0.324. The van der Waals surface area contributed by atoms with Gasteiger partial charge in [-0.2, -0.15) is 0 Å². The fourth-order valence-corrected chi connectivity index (χ4v) is 5.75. The minimum absolute atomic E-state index is 0.598. The standard InChI is InChI=1S/C29H45N/c1-5-22(17-21(3)4)20-30-16-15-27-18-25(13-11-23-7-8-23)26(14-12-24-9-10-24)19-28(27)29(30)6-2/h5,18-19,21-24,29H,1,6-17,20H2,2-4H3. The molecule has 0 bridgehead atoms. The molecular formula is C29H45N. The smallest absolute Gasteiger partial charge is 0.0348 e. The Bertz CT molecular complexity index is 709. The van der Waals surface area contributed by atoms with E-state index in [9.17, 15) is 0 Å². The number of rotatable bonds is 12. The van der Waals surface area contributed by atoms with Crippen LogP contribution in [0.5, 0.6) is 0 Å². The van der Waals surface area contributed by atoms with Crippen molar-refractivity contribution >= 4 is 0 Å². The lowest BCUT2D eigenvalue weighted by Crippen LogP contribution is -2.38. The maximum absolute atomic E-state index is 4.16. The predicted octanol–water partition coefficient (Wildman–Crippen LogP) is 7.53. The molecule has 1 heterocycles. The molecule has 1 aliphatic heterocycles. The first-order valence-corrected chi connectivity index (χ1v) is 13.1. The van der Waals surface area contributed by atoms with Gasteiger partial charge in [-0.1, -0.05) is 64.7 Å². The average Bonchev–Trinajstić information content (AvgIpc) is 3.64. The molecule has 1 aromatic rings. The third-order valence-corrected chi connectivity index (χ3v) is 7.93. The first-order chi connectivity index (χ1) is 14.6. The van der Waals surface area contributed by atoms with Gasteiger partial charge < -0.3 is 0 Å². The Labute approximate surface area is 186 Å². The highest BCUT2D eigenvalue weighted by Crippen LogP contribution is 2.39. The Morgan fingerprint density at radius 1 is 1.03 bits per heavy atom. The topological polar surface area (TPSA) is 3.24 Å². The third-order valence-electron chi connectivity index (χ3n) is 7.93. The first-order valence-electron chi connectivity index (χ1n) is 13.1. The molecule has 0 aromatic heterocycles. The molecule has 0 N–H and O–H groups in total. The summed E-state index contributed by atoms with van der Waals surface area (Å²) in [6.45, 7) is 13.6. The second kappa shape index (κ2) is 10.0. The summed E-state index contributed by atoms with van der Waals surface area (Å²) < 4.78 is 0. The maximum Gasteiger partial charge on any atom is 0.0348 e. The van der Waals surface area contributed by atoms with Gasteiger partial charge in [0.05, 0.1) is 0 Å². The molecule has 2 unspecified atom stereocenters. The van der Waals surface area contributed by atoms with Crippen LogP contribution in [-0.2, 0) is 19.3 Å². The van der Waals surface area contributed by atoms with Crippen LogP contribution in [0.25, 0.3) is 0 Å². The highest BCUT2D eigenvalue weighted by atomic mass is 15.2. The van der Waals surface area contributed by atoms with Crippen LogP contribution < -0.4 is 0 Å². The number of fused-ring (bicyclic) bond motifs is 1. The SMILES string of the molecule is C=CC(CC(C)C)CN1CCc2cc(CCC3CC3)c(CCC3CC3)cc2C1CC. The summed E-state index contributed by atoms with van der Waals surface area (Å²) in [6.07, 6.45) is 17.3. The van der Waals surface area contributed by atoms with Gasteiger partial charge in [-0.3, -0.25) is 4.90 Å². The van der Waals surface area contributed by atoms with Crippen molar-refractivity contribution in [3.05, 3.63) is 47.0 Å². The Hall–Kier alpha value is -1.08. The zero-order valence-electron chi connectivity index (χ0n) is 20.0. The van der Waals surface area contributed by atoms with Crippen molar-refractivity contribution in [2.45, 2.75) is 97.4 Å². The highest BCUT2D eigenvalue weighted by Gasteiger charge is 2.29. The summed E-state index contributed by atoms with van der Waals surface area (Å²) in [5, 5.41) is 0. The fourth-order valence-electron chi connectivity index (χ4n) is 5.75. The molecule has 166 valence electrons. The van der Waals surface area contributed by atoms with E-state index in [4.69, 9.17) is 0 Å². The van der Waals surface area contributed by atoms with E-state index in [0.717, 1.165) is 17.8 Å². The fraction of sp³-hybridized carbons (Fsp3) is 0.724. The number of aryl methyl sites for hydroxylation is 2. The lowest BCUT2D eigenvalue weighted by molar-refractivity contribution is 0.156. The summed E-state index contributed by atoms with van der Waals surface area (Å²) in [6, 6.07) is 5.92. The van der Waals surface area contributed by atoms with Crippen molar-refractivity contribution in [3.63, 3.8) is 0 Å². The molecule has 0 saturated heterocycles. The van der Waals surface area contributed by atoms with E-state index in [1.807, 2.05) is 0 Å². The van der Waals surface area contributed by atoms with Crippen LogP contribution in [0.1, 0.15) is 100 Å². The van der Waals surface area contributed by atoms with E-state index in [1.165, 1.54) is 83.7 Å². The van der Waals surface area contributed by atoms with Gasteiger partial charge in [0.1, 0.15) is 0 Å². The number of nitrogens with zero attached hydrogens (tertiary/aromatic N) is 1. The lowest BCUT2D eigenvalue weighted by atomic mass is 9.84. The monoisotopic (exact) mass is 407 g/mol. The van der Waals surface area contributed by atoms with Crippen molar-refractivity contribution < 1.29 is 0 Å². The molecule has 30 heavy (non-hydrogen) atoms. The zero-order chi connectivity index (χ0) is 21.1. The van der Waals surface area contributed by atoms with Crippen LogP contribution in [-0.4, -0.2) is 18.0 Å². The molecule has 1 heteroatoms. The number of benzene rings is 1. The van der Waals surface area contributed by atoms with Gasteiger partial charge in [0, 0.05) is 19.1 Å². The predicted molar refractivity (Wildman–Crippen MR) is 130 cm³/mol. The van der Waals surface area contributed by atoms with Gasteiger partial charge in [-0.25, -0.2) is 0 Å². The molecule has 2 fully saturated rings. The third kappa shape index (κ3) is 5.78. The number of hydrogen-bond acceptors (Lipinski definition) is 1. The molecule has 1 aromatic carbocycles. The normalized spacial score (nSPS) is 22.9. The van der Waals surface area contributed by atoms with Crippen LogP contribution in [0.3, 0.4) is 0 Å². The molecule has 2 atom stereocenters. The number of hydrogen-bond donors (Lipinski definition) is 0. The van der Waals surface area contributed by atoms with E-state index in [1.54, 1.807) is 22.3 Å². The minimum Gasteiger partial charge on any atom is -0.295 e. The van der Waals surface area contributed by atoms with Crippen molar-refractivity contribution in [1.29, 1.82) is 0 Å². The summed E-state index contributed by atoms with van der Waals surface area (Å²) >= 11 is 0. The molecule has 0 radical (unpaired) electrons. The molecule has 0 spiro atoms. The molecule has 2 aliphatic carbocycles. The van der Waals surface area contributed by atoms with Gasteiger partial charge in [0.2, 0.25) is 0 Å². The van der Waals surface area contributed by atoms with Gasteiger partial charge in [-0.15, -0.1) is 6.58 Å². The van der Waals surface area contributed by atoms with Crippen LogP contribution in [0.15, 0.2) is 24.8 Å². The molecule has 4 rings (SSSR count). The van der Waals surface area contributed by atoms with E-state index in [-0.39, 0.29) is 0 Å². The molecule has 0 amide bonds. The first kappa shape index (κ1) is 22.1. The van der Waals surface area contributed by atoms with E-state index in [2.05, 4.69) is 50.5 Å². The largest absolute Gasteiger partial charge is 0.295 e. The molecule has 3 aliphatic rings. The molecular weight excluding hydrogens is 362 g/mol. The Morgan fingerprint density at radius 3 is 2.20 bits per heavy atom. The summed E-state index contributed by atoms with van der Waals surface area (Å²) in [5.41, 5.74) is 6.73. The maximum atomic E-state index is 4.16. The molecule has 2 saturated carbocycles.